The topological polar surface area (TPSA) is 52.6 Å². The maximum atomic E-state index is 12.1. The van der Waals surface area contributed by atoms with Gasteiger partial charge in [-0.1, -0.05) is 13.8 Å². The molecule has 4 nitrogen and oxygen atoms in total. The molecule has 0 aromatic carbocycles. The van der Waals surface area contributed by atoms with Crippen molar-refractivity contribution in [2.75, 3.05) is 13.1 Å². The zero-order chi connectivity index (χ0) is 13.8. The van der Waals surface area contributed by atoms with Crippen LogP contribution in [0.5, 0.6) is 0 Å². The molecule has 1 rings (SSSR count). The van der Waals surface area contributed by atoms with E-state index in [4.69, 9.17) is 0 Å². The fourth-order valence-electron chi connectivity index (χ4n) is 2.37. The summed E-state index contributed by atoms with van der Waals surface area (Å²) in [5, 5.41) is 13.0. The highest BCUT2D eigenvalue weighted by molar-refractivity contribution is 5.81. The first-order valence-corrected chi connectivity index (χ1v) is 7.16. The highest BCUT2D eigenvalue weighted by Gasteiger charge is 2.31. The lowest BCUT2D eigenvalue weighted by atomic mass is 9.93. The predicted molar refractivity (Wildman–Crippen MR) is 73.4 cm³/mol. The molecule has 18 heavy (non-hydrogen) atoms. The minimum Gasteiger partial charge on any atom is -0.390 e. The van der Waals surface area contributed by atoms with Crippen molar-refractivity contribution in [3.05, 3.63) is 0 Å². The summed E-state index contributed by atoms with van der Waals surface area (Å²) in [4.78, 5) is 14.3. The quantitative estimate of drug-likeness (QED) is 0.784. The van der Waals surface area contributed by atoms with Crippen molar-refractivity contribution in [2.45, 2.75) is 71.1 Å². The van der Waals surface area contributed by atoms with Crippen LogP contribution in [-0.4, -0.2) is 46.7 Å². The summed E-state index contributed by atoms with van der Waals surface area (Å²) >= 11 is 0. The third-order valence-corrected chi connectivity index (χ3v) is 4.13. The van der Waals surface area contributed by atoms with E-state index in [0.29, 0.717) is 0 Å². The Morgan fingerprint density at radius 1 is 1.33 bits per heavy atom. The second kappa shape index (κ2) is 6.53. The van der Waals surface area contributed by atoms with Crippen molar-refractivity contribution < 1.29 is 9.90 Å². The normalized spacial score (nSPS) is 21.9. The lowest BCUT2D eigenvalue weighted by Crippen LogP contribution is -2.52. The number of nitrogens with one attached hydrogen (secondary N) is 1. The average Bonchev–Trinajstić information content (AvgIpc) is 2.34. The Balaban J connectivity index is 2.44. The molecule has 106 valence electrons. The van der Waals surface area contributed by atoms with Gasteiger partial charge < -0.3 is 10.4 Å². The van der Waals surface area contributed by atoms with Crippen LogP contribution in [0.25, 0.3) is 0 Å². The van der Waals surface area contributed by atoms with Crippen molar-refractivity contribution in [2.24, 2.45) is 0 Å². The van der Waals surface area contributed by atoms with Gasteiger partial charge >= 0.3 is 0 Å². The van der Waals surface area contributed by atoms with E-state index in [-0.39, 0.29) is 18.0 Å². The second-order valence-electron chi connectivity index (χ2n) is 5.73. The van der Waals surface area contributed by atoms with E-state index < -0.39 is 5.60 Å². The molecule has 0 bridgehead atoms. The van der Waals surface area contributed by atoms with Crippen molar-refractivity contribution in [3.63, 3.8) is 0 Å². The van der Waals surface area contributed by atoms with E-state index >= 15 is 0 Å². The first-order chi connectivity index (χ1) is 8.39. The van der Waals surface area contributed by atoms with E-state index in [2.05, 4.69) is 24.1 Å². The molecular formula is C14H28N2O2. The van der Waals surface area contributed by atoms with Crippen LogP contribution in [0.3, 0.4) is 0 Å². The minimum absolute atomic E-state index is 0.0956. The van der Waals surface area contributed by atoms with Gasteiger partial charge in [-0.05, 0) is 39.5 Å². The number of piperidine rings is 1. The number of amides is 1. The number of likely N-dealkylation sites (tertiary alicyclic amines) is 1. The van der Waals surface area contributed by atoms with Gasteiger partial charge in [0, 0.05) is 19.1 Å². The van der Waals surface area contributed by atoms with Crippen LogP contribution in [0.4, 0.5) is 0 Å². The molecule has 0 saturated carbocycles. The van der Waals surface area contributed by atoms with Gasteiger partial charge in [0.2, 0.25) is 5.91 Å². The summed E-state index contributed by atoms with van der Waals surface area (Å²) in [6.45, 7) is 9.61. The maximum Gasteiger partial charge on any atom is 0.237 e. The molecule has 0 radical (unpaired) electrons. The molecular weight excluding hydrogens is 228 g/mol. The van der Waals surface area contributed by atoms with Crippen molar-refractivity contribution in [1.29, 1.82) is 0 Å². The van der Waals surface area contributed by atoms with Crippen LogP contribution in [0.2, 0.25) is 0 Å². The fourth-order valence-corrected chi connectivity index (χ4v) is 2.37. The van der Waals surface area contributed by atoms with E-state index in [0.717, 1.165) is 38.8 Å². The molecule has 1 unspecified atom stereocenters. The molecule has 0 aliphatic carbocycles. The molecule has 1 heterocycles. The van der Waals surface area contributed by atoms with Crippen LogP contribution in [-0.2, 0) is 4.79 Å². The number of rotatable bonds is 5. The van der Waals surface area contributed by atoms with Gasteiger partial charge in [-0.3, -0.25) is 9.69 Å². The van der Waals surface area contributed by atoms with Crippen LogP contribution >= 0.6 is 0 Å². The van der Waals surface area contributed by atoms with E-state index in [9.17, 15) is 9.90 Å². The lowest BCUT2D eigenvalue weighted by molar-refractivity contribution is -0.128. The smallest absolute Gasteiger partial charge is 0.237 e. The number of carbonyl (C=O) groups excluding carboxylic acids is 1. The number of nitrogens with zero attached hydrogens (tertiary/aromatic N) is 1. The summed E-state index contributed by atoms with van der Waals surface area (Å²) in [5.74, 6) is 0.116. The molecule has 1 atom stereocenters. The highest BCUT2D eigenvalue weighted by atomic mass is 16.3. The van der Waals surface area contributed by atoms with Gasteiger partial charge in [0.05, 0.1) is 11.6 Å². The molecule has 1 aliphatic heterocycles. The highest BCUT2D eigenvalue weighted by Crippen LogP contribution is 2.22. The number of hydrogen-bond acceptors (Lipinski definition) is 3. The Bertz CT molecular complexity index is 265. The van der Waals surface area contributed by atoms with Gasteiger partial charge in [-0.15, -0.1) is 0 Å². The summed E-state index contributed by atoms with van der Waals surface area (Å²) in [5.41, 5.74) is -0.554. The number of hydrogen-bond donors (Lipinski definition) is 2. The SMILES string of the molecule is CCC(CC)NC(=O)C(C)N1CCC(C)(O)CC1. The van der Waals surface area contributed by atoms with Crippen molar-refractivity contribution in [1.82, 2.24) is 10.2 Å². The van der Waals surface area contributed by atoms with Crippen LogP contribution < -0.4 is 5.32 Å². The van der Waals surface area contributed by atoms with Crippen LogP contribution in [0, 0.1) is 0 Å². The summed E-state index contributed by atoms with van der Waals surface area (Å²) in [6, 6.07) is 0.189. The molecule has 1 amide bonds. The Kier molecular flexibility index (Phi) is 5.60. The largest absolute Gasteiger partial charge is 0.390 e. The third kappa shape index (κ3) is 4.25. The number of carbonyl (C=O) groups is 1. The summed E-state index contributed by atoms with van der Waals surface area (Å²) in [7, 11) is 0. The van der Waals surface area contributed by atoms with Crippen LogP contribution in [0.15, 0.2) is 0 Å². The van der Waals surface area contributed by atoms with E-state index in [1.165, 1.54) is 0 Å². The average molecular weight is 256 g/mol. The second-order valence-corrected chi connectivity index (χ2v) is 5.73. The molecule has 2 N–H and O–H groups in total. The molecule has 0 spiro atoms. The molecule has 1 aliphatic rings. The van der Waals surface area contributed by atoms with Crippen molar-refractivity contribution in [3.8, 4) is 0 Å². The maximum absolute atomic E-state index is 12.1. The fraction of sp³-hybridized carbons (Fsp3) is 0.929. The minimum atomic E-state index is -0.554. The van der Waals surface area contributed by atoms with Crippen LogP contribution in [0.1, 0.15) is 53.4 Å². The van der Waals surface area contributed by atoms with Gasteiger partial charge in [-0.25, -0.2) is 0 Å². The first-order valence-electron chi connectivity index (χ1n) is 7.16. The summed E-state index contributed by atoms with van der Waals surface area (Å²) in [6.07, 6.45) is 3.44. The zero-order valence-electron chi connectivity index (χ0n) is 12.2. The third-order valence-electron chi connectivity index (χ3n) is 4.13. The zero-order valence-corrected chi connectivity index (χ0v) is 12.2. The Hall–Kier alpha value is -0.610. The predicted octanol–water partition coefficient (Wildman–Crippen LogP) is 1.53. The Morgan fingerprint density at radius 3 is 2.28 bits per heavy atom. The van der Waals surface area contributed by atoms with Gasteiger partial charge in [0.1, 0.15) is 0 Å². The molecule has 0 aromatic rings. The van der Waals surface area contributed by atoms with Gasteiger partial charge in [0.15, 0.2) is 0 Å². The van der Waals surface area contributed by atoms with Crippen molar-refractivity contribution >= 4 is 5.91 Å². The molecule has 1 fully saturated rings. The Morgan fingerprint density at radius 2 is 1.83 bits per heavy atom. The first kappa shape index (κ1) is 15.4. The lowest BCUT2D eigenvalue weighted by Gasteiger charge is -2.38. The number of aliphatic hydroxyl groups is 1. The molecule has 0 aromatic heterocycles. The molecule has 4 heteroatoms. The Labute approximate surface area is 111 Å². The monoisotopic (exact) mass is 256 g/mol. The van der Waals surface area contributed by atoms with E-state index in [1.807, 2.05) is 13.8 Å². The molecule has 1 saturated heterocycles. The standard InChI is InChI=1S/C14H28N2O2/c1-5-12(6-2)15-13(17)11(3)16-9-7-14(4,18)8-10-16/h11-12,18H,5-10H2,1-4H3,(H,15,17). The van der Waals surface area contributed by atoms with Gasteiger partial charge in [-0.2, -0.15) is 0 Å². The van der Waals surface area contributed by atoms with E-state index in [1.54, 1.807) is 0 Å². The summed E-state index contributed by atoms with van der Waals surface area (Å²) < 4.78 is 0. The van der Waals surface area contributed by atoms with Gasteiger partial charge in [0.25, 0.3) is 0 Å².